The van der Waals surface area contributed by atoms with Crippen molar-refractivity contribution in [2.24, 2.45) is 0 Å². The molecule has 0 spiro atoms. The maximum atomic E-state index is 12.8. The number of sulfonamides is 1. The van der Waals surface area contributed by atoms with Crippen molar-refractivity contribution in [2.75, 3.05) is 31.4 Å². The van der Waals surface area contributed by atoms with E-state index in [1.165, 1.54) is 26.2 Å². The van der Waals surface area contributed by atoms with Crippen molar-refractivity contribution in [3.63, 3.8) is 0 Å². The fraction of sp³-hybridized carbons (Fsp3) is 0.136. The summed E-state index contributed by atoms with van der Waals surface area (Å²) in [5.74, 6) is -0.380. The molecule has 6 nitrogen and oxygen atoms in total. The van der Waals surface area contributed by atoms with Crippen LogP contribution in [0, 0.1) is 0 Å². The Morgan fingerprint density at radius 3 is 2.17 bits per heavy atom. The maximum Gasteiger partial charge on any atom is 0.255 e. The fourth-order valence-corrected chi connectivity index (χ4v) is 3.81. The van der Waals surface area contributed by atoms with E-state index >= 15 is 0 Å². The van der Waals surface area contributed by atoms with Gasteiger partial charge in [-0.3, -0.25) is 4.79 Å². The number of hydrogen-bond acceptors (Lipinski definition) is 4. The van der Waals surface area contributed by atoms with Crippen LogP contribution < -0.4 is 10.2 Å². The predicted molar refractivity (Wildman–Crippen MR) is 116 cm³/mol. The van der Waals surface area contributed by atoms with Gasteiger partial charge in [0.2, 0.25) is 10.0 Å². The lowest BCUT2D eigenvalue weighted by Gasteiger charge is -2.23. The first-order chi connectivity index (χ1) is 13.8. The van der Waals surface area contributed by atoms with Crippen LogP contribution >= 0.6 is 0 Å². The van der Waals surface area contributed by atoms with Gasteiger partial charge in [-0.25, -0.2) is 12.7 Å². The Balaban J connectivity index is 1.89. The quantitative estimate of drug-likeness (QED) is 0.669. The normalized spacial score (nSPS) is 11.3. The summed E-state index contributed by atoms with van der Waals surface area (Å²) >= 11 is 0. The Kier molecular flexibility index (Phi) is 6.00. The molecule has 0 fully saturated rings. The van der Waals surface area contributed by atoms with Crippen LogP contribution in [-0.2, 0) is 10.0 Å². The second-order valence-electron chi connectivity index (χ2n) is 6.68. The van der Waals surface area contributed by atoms with Gasteiger partial charge in [0.15, 0.2) is 0 Å². The first kappa shape index (κ1) is 20.6. The van der Waals surface area contributed by atoms with Gasteiger partial charge in [0.1, 0.15) is 0 Å². The number of rotatable bonds is 6. The summed E-state index contributed by atoms with van der Waals surface area (Å²) in [5, 5.41) is 2.90. The molecule has 29 heavy (non-hydrogen) atoms. The van der Waals surface area contributed by atoms with Gasteiger partial charge in [-0.1, -0.05) is 36.4 Å². The van der Waals surface area contributed by atoms with E-state index in [-0.39, 0.29) is 16.4 Å². The highest BCUT2D eigenvalue weighted by Crippen LogP contribution is 2.30. The molecule has 3 rings (SSSR count). The van der Waals surface area contributed by atoms with E-state index in [1.807, 2.05) is 66.5 Å². The number of para-hydroxylation sites is 3. The zero-order chi connectivity index (χ0) is 21.0. The lowest BCUT2D eigenvalue weighted by atomic mass is 10.2. The van der Waals surface area contributed by atoms with Crippen molar-refractivity contribution < 1.29 is 13.2 Å². The number of amides is 1. The third-order valence-corrected chi connectivity index (χ3v) is 6.34. The molecule has 1 N–H and O–H groups in total. The lowest BCUT2D eigenvalue weighted by molar-refractivity contribution is 0.102. The standard InChI is InChI=1S/C22H23N3O3S/c1-24(2)29(27,28)19-13-9-10-17(16-19)22(26)23-20-14-7-8-15-21(20)25(3)18-11-5-4-6-12-18/h4-16H,1-3H3,(H,23,26). The van der Waals surface area contributed by atoms with Crippen molar-refractivity contribution in [3.05, 3.63) is 84.4 Å². The highest BCUT2D eigenvalue weighted by atomic mass is 32.2. The molecule has 0 radical (unpaired) electrons. The predicted octanol–water partition coefficient (Wildman–Crippen LogP) is 3.96. The summed E-state index contributed by atoms with van der Waals surface area (Å²) in [6.45, 7) is 0. The number of nitrogens with zero attached hydrogens (tertiary/aromatic N) is 2. The molecule has 0 atom stereocenters. The van der Waals surface area contributed by atoms with E-state index in [2.05, 4.69) is 5.32 Å². The van der Waals surface area contributed by atoms with E-state index < -0.39 is 10.0 Å². The summed E-state index contributed by atoms with van der Waals surface area (Å²) in [6, 6.07) is 23.3. The monoisotopic (exact) mass is 409 g/mol. The molecule has 0 unspecified atom stereocenters. The number of benzene rings is 3. The third kappa shape index (κ3) is 4.47. The molecule has 0 aromatic heterocycles. The Hall–Kier alpha value is -3.16. The molecular weight excluding hydrogens is 386 g/mol. The molecule has 0 aliphatic heterocycles. The van der Waals surface area contributed by atoms with Crippen molar-refractivity contribution in [1.29, 1.82) is 0 Å². The SMILES string of the molecule is CN(c1ccccc1)c1ccccc1NC(=O)c1cccc(S(=O)(=O)N(C)C)c1. The van der Waals surface area contributed by atoms with Crippen LogP contribution in [0.25, 0.3) is 0 Å². The zero-order valence-electron chi connectivity index (χ0n) is 16.5. The largest absolute Gasteiger partial charge is 0.343 e. The molecule has 7 heteroatoms. The van der Waals surface area contributed by atoms with Gasteiger partial charge >= 0.3 is 0 Å². The molecule has 0 saturated carbocycles. The van der Waals surface area contributed by atoms with Crippen LogP contribution in [-0.4, -0.2) is 39.8 Å². The van der Waals surface area contributed by atoms with Crippen molar-refractivity contribution in [3.8, 4) is 0 Å². The summed E-state index contributed by atoms with van der Waals surface area (Å²) in [7, 11) is 1.22. The number of carbonyl (C=O) groups excluding carboxylic acids is 1. The first-order valence-corrected chi connectivity index (χ1v) is 10.5. The lowest BCUT2D eigenvalue weighted by Crippen LogP contribution is -2.23. The van der Waals surface area contributed by atoms with Crippen LogP contribution in [0.4, 0.5) is 17.1 Å². The summed E-state index contributed by atoms with van der Waals surface area (Å²) < 4.78 is 25.8. The van der Waals surface area contributed by atoms with E-state index in [1.54, 1.807) is 12.1 Å². The Morgan fingerprint density at radius 2 is 1.48 bits per heavy atom. The van der Waals surface area contributed by atoms with Gasteiger partial charge < -0.3 is 10.2 Å². The van der Waals surface area contributed by atoms with Crippen LogP contribution in [0.15, 0.2) is 83.8 Å². The van der Waals surface area contributed by atoms with Gasteiger partial charge in [0, 0.05) is 32.4 Å². The second-order valence-corrected chi connectivity index (χ2v) is 8.83. The maximum absolute atomic E-state index is 12.8. The van der Waals surface area contributed by atoms with E-state index in [9.17, 15) is 13.2 Å². The van der Waals surface area contributed by atoms with Gasteiger partial charge in [0.25, 0.3) is 5.91 Å². The molecule has 0 aliphatic carbocycles. The van der Waals surface area contributed by atoms with Gasteiger partial charge in [-0.15, -0.1) is 0 Å². The fourth-order valence-electron chi connectivity index (χ4n) is 2.87. The van der Waals surface area contributed by atoms with Crippen molar-refractivity contribution >= 4 is 33.0 Å². The van der Waals surface area contributed by atoms with E-state index in [4.69, 9.17) is 0 Å². The number of carbonyl (C=O) groups is 1. The summed E-state index contributed by atoms with van der Waals surface area (Å²) in [4.78, 5) is 14.9. The number of anilines is 3. The second kappa shape index (κ2) is 8.46. The van der Waals surface area contributed by atoms with Gasteiger partial charge in [0.05, 0.1) is 16.3 Å². The molecule has 1 amide bonds. The highest BCUT2D eigenvalue weighted by Gasteiger charge is 2.19. The average molecular weight is 410 g/mol. The zero-order valence-corrected chi connectivity index (χ0v) is 17.3. The van der Waals surface area contributed by atoms with Crippen LogP contribution in [0.5, 0.6) is 0 Å². The number of hydrogen-bond donors (Lipinski definition) is 1. The van der Waals surface area contributed by atoms with Crippen molar-refractivity contribution in [1.82, 2.24) is 4.31 Å². The van der Waals surface area contributed by atoms with Crippen LogP contribution in [0.2, 0.25) is 0 Å². The Labute approximate surface area is 171 Å². The number of nitrogens with one attached hydrogen (secondary N) is 1. The molecule has 0 saturated heterocycles. The molecule has 0 heterocycles. The van der Waals surface area contributed by atoms with Gasteiger partial charge in [-0.05, 0) is 42.5 Å². The molecule has 3 aromatic rings. The van der Waals surface area contributed by atoms with Gasteiger partial charge in [-0.2, -0.15) is 0 Å². The van der Waals surface area contributed by atoms with Crippen molar-refractivity contribution in [2.45, 2.75) is 4.90 Å². The highest BCUT2D eigenvalue weighted by molar-refractivity contribution is 7.89. The summed E-state index contributed by atoms with van der Waals surface area (Å²) in [6.07, 6.45) is 0. The van der Waals surface area contributed by atoms with Crippen LogP contribution in [0.1, 0.15) is 10.4 Å². The minimum Gasteiger partial charge on any atom is -0.343 e. The third-order valence-electron chi connectivity index (χ3n) is 4.53. The summed E-state index contributed by atoms with van der Waals surface area (Å²) in [5.41, 5.74) is 2.70. The molecule has 0 bridgehead atoms. The minimum absolute atomic E-state index is 0.0739. The molecule has 0 aliphatic rings. The molecule has 3 aromatic carbocycles. The van der Waals surface area contributed by atoms with E-state index in [0.717, 1.165) is 15.7 Å². The minimum atomic E-state index is -3.62. The average Bonchev–Trinajstić information content (AvgIpc) is 2.74. The molecular formula is C22H23N3O3S. The molecule has 150 valence electrons. The topological polar surface area (TPSA) is 69.7 Å². The van der Waals surface area contributed by atoms with Crippen LogP contribution in [0.3, 0.4) is 0 Å². The van der Waals surface area contributed by atoms with E-state index in [0.29, 0.717) is 5.69 Å². The first-order valence-electron chi connectivity index (χ1n) is 9.02. The Morgan fingerprint density at radius 1 is 0.828 bits per heavy atom. The smallest absolute Gasteiger partial charge is 0.255 e. The Bertz CT molecular complexity index is 1110.